The Morgan fingerprint density at radius 3 is 2.48 bits per heavy atom. The Balaban J connectivity index is 1.93. The van der Waals surface area contributed by atoms with Crippen molar-refractivity contribution in [2.24, 2.45) is 5.41 Å². The molecule has 0 aromatic heterocycles. The van der Waals surface area contributed by atoms with Crippen molar-refractivity contribution >= 4 is 5.91 Å². The molecule has 1 unspecified atom stereocenters. The average molecular weight is 304 g/mol. The molecular weight excluding hydrogens is 288 g/mol. The number of halogens is 4. The van der Waals surface area contributed by atoms with E-state index in [1.165, 1.54) is 24.3 Å². The molecule has 0 saturated carbocycles. The van der Waals surface area contributed by atoms with E-state index in [0.29, 0.717) is 6.42 Å². The lowest BCUT2D eigenvalue weighted by Crippen LogP contribution is -2.52. The van der Waals surface area contributed by atoms with Gasteiger partial charge in [0.05, 0.1) is 0 Å². The number of alkyl halides is 3. The second-order valence-corrected chi connectivity index (χ2v) is 5.14. The van der Waals surface area contributed by atoms with Gasteiger partial charge in [-0.25, -0.2) is 4.39 Å². The van der Waals surface area contributed by atoms with Crippen LogP contribution in [0.25, 0.3) is 0 Å². The van der Waals surface area contributed by atoms with Crippen molar-refractivity contribution in [3.05, 3.63) is 35.6 Å². The number of carbonyl (C=O) groups is 1. The standard InChI is InChI=1S/C14H16F4N2O/c15-11-3-1-10(2-4-11)5-7-20-12(21)13(14(16,17)18)6-8-19-9-13/h1-4,19H,5-9H2,(H,20,21). The number of rotatable bonds is 4. The molecule has 1 fully saturated rings. The van der Waals surface area contributed by atoms with E-state index in [-0.39, 0.29) is 31.9 Å². The number of hydrogen-bond donors (Lipinski definition) is 2. The van der Waals surface area contributed by atoms with Gasteiger partial charge in [-0.3, -0.25) is 4.79 Å². The average Bonchev–Trinajstić information content (AvgIpc) is 2.91. The number of benzene rings is 1. The van der Waals surface area contributed by atoms with Crippen molar-refractivity contribution in [3.8, 4) is 0 Å². The molecule has 2 rings (SSSR count). The SMILES string of the molecule is O=C(NCCc1ccc(F)cc1)C1(C(F)(F)F)CCNC1. The molecule has 116 valence electrons. The molecule has 0 aliphatic carbocycles. The lowest BCUT2D eigenvalue weighted by Gasteiger charge is -2.29. The lowest BCUT2D eigenvalue weighted by molar-refractivity contribution is -0.215. The molecule has 1 aromatic rings. The Morgan fingerprint density at radius 1 is 1.29 bits per heavy atom. The summed E-state index contributed by atoms with van der Waals surface area (Å²) in [4.78, 5) is 11.9. The van der Waals surface area contributed by atoms with Crippen molar-refractivity contribution in [1.82, 2.24) is 10.6 Å². The summed E-state index contributed by atoms with van der Waals surface area (Å²) in [7, 11) is 0. The van der Waals surface area contributed by atoms with Crippen LogP contribution in [0.2, 0.25) is 0 Å². The van der Waals surface area contributed by atoms with Gasteiger partial charge < -0.3 is 10.6 Å². The highest BCUT2D eigenvalue weighted by Gasteiger charge is 2.61. The molecule has 0 bridgehead atoms. The quantitative estimate of drug-likeness (QED) is 0.836. The Kier molecular flexibility index (Phi) is 4.51. The van der Waals surface area contributed by atoms with Crippen LogP contribution in [0.4, 0.5) is 17.6 Å². The fraction of sp³-hybridized carbons (Fsp3) is 0.500. The smallest absolute Gasteiger partial charge is 0.355 e. The summed E-state index contributed by atoms with van der Waals surface area (Å²) in [5.74, 6) is -1.38. The topological polar surface area (TPSA) is 41.1 Å². The first-order chi connectivity index (χ1) is 9.85. The zero-order valence-electron chi connectivity index (χ0n) is 11.3. The summed E-state index contributed by atoms with van der Waals surface area (Å²) >= 11 is 0. The minimum atomic E-state index is -4.57. The van der Waals surface area contributed by atoms with E-state index in [0.717, 1.165) is 5.56 Å². The van der Waals surface area contributed by atoms with Crippen LogP contribution in [0, 0.1) is 11.2 Å². The summed E-state index contributed by atoms with van der Waals surface area (Å²) < 4.78 is 52.1. The van der Waals surface area contributed by atoms with Crippen molar-refractivity contribution in [3.63, 3.8) is 0 Å². The van der Waals surface area contributed by atoms with Gasteiger partial charge in [0, 0.05) is 13.1 Å². The van der Waals surface area contributed by atoms with Crippen LogP contribution < -0.4 is 10.6 Å². The molecule has 0 spiro atoms. The van der Waals surface area contributed by atoms with E-state index < -0.39 is 17.5 Å². The molecule has 1 heterocycles. The molecule has 1 aromatic carbocycles. The zero-order chi connectivity index (χ0) is 15.5. The van der Waals surface area contributed by atoms with Crippen molar-refractivity contribution in [1.29, 1.82) is 0 Å². The maximum absolute atomic E-state index is 13.1. The third-order valence-electron chi connectivity index (χ3n) is 3.75. The van der Waals surface area contributed by atoms with Crippen molar-refractivity contribution < 1.29 is 22.4 Å². The molecular formula is C14H16F4N2O. The molecule has 1 aliphatic rings. The molecule has 2 N–H and O–H groups in total. The van der Waals surface area contributed by atoms with Crippen LogP contribution in [-0.4, -0.2) is 31.7 Å². The first kappa shape index (κ1) is 15.8. The summed E-state index contributed by atoms with van der Waals surface area (Å²) in [5.41, 5.74) is -1.59. The highest BCUT2D eigenvalue weighted by molar-refractivity contribution is 5.84. The van der Waals surface area contributed by atoms with Crippen LogP contribution in [0.3, 0.4) is 0 Å². The van der Waals surface area contributed by atoms with E-state index in [9.17, 15) is 22.4 Å². The molecule has 1 saturated heterocycles. The van der Waals surface area contributed by atoms with Gasteiger partial charge in [-0.05, 0) is 37.1 Å². The third kappa shape index (κ3) is 3.34. The van der Waals surface area contributed by atoms with Gasteiger partial charge in [-0.15, -0.1) is 0 Å². The molecule has 7 heteroatoms. The summed E-state index contributed by atoms with van der Waals surface area (Å²) in [6.45, 7) is -0.133. The van der Waals surface area contributed by atoms with Gasteiger partial charge in [0.1, 0.15) is 5.82 Å². The molecule has 1 amide bonds. The van der Waals surface area contributed by atoms with Crippen LogP contribution >= 0.6 is 0 Å². The minimum Gasteiger partial charge on any atom is -0.355 e. The Hall–Kier alpha value is -1.63. The van der Waals surface area contributed by atoms with E-state index in [1.54, 1.807) is 0 Å². The Morgan fingerprint density at radius 2 is 1.95 bits per heavy atom. The lowest BCUT2D eigenvalue weighted by atomic mass is 9.85. The normalized spacial score (nSPS) is 22.3. The van der Waals surface area contributed by atoms with Crippen molar-refractivity contribution in [2.75, 3.05) is 19.6 Å². The highest BCUT2D eigenvalue weighted by Crippen LogP contribution is 2.43. The molecule has 1 atom stereocenters. The first-order valence-electron chi connectivity index (χ1n) is 6.65. The molecule has 1 aliphatic heterocycles. The van der Waals surface area contributed by atoms with Crippen LogP contribution in [0.1, 0.15) is 12.0 Å². The van der Waals surface area contributed by atoms with Gasteiger partial charge in [0.2, 0.25) is 5.91 Å². The zero-order valence-corrected chi connectivity index (χ0v) is 11.3. The van der Waals surface area contributed by atoms with E-state index in [2.05, 4.69) is 10.6 Å². The molecule has 0 radical (unpaired) electrons. The maximum Gasteiger partial charge on any atom is 0.404 e. The predicted octanol–water partition coefficient (Wildman–Crippen LogP) is 2.03. The van der Waals surface area contributed by atoms with Crippen LogP contribution in [-0.2, 0) is 11.2 Å². The van der Waals surface area contributed by atoms with Gasteiger partial charge in [0.15, 0.2) is 5.41 Å². The number of nitrogens with one attached hydrogen (secondary N) is 2. The molecule has 3 nitrogen and oxygen atoms in total. The Labute approximate surface area is 119 Å². The fourth-order valence-corrected chi connectivity index (χ4v) is 2.40. The molecule has 21 heavy (non-hydrogen) atoms. The number of amides is 1. The summed E-state index contributed by atoms with van der Waals surface area (Å²) in [5, 5.41) is 4.93. The van der Waals surface area contributed by atoms with Gasteiger partial charge in [-0.2, -0.15) is 13.2 Å². The largest absolute Gasteiger partial charge is 0.404 e. The van der Waals surface area contributed by atoms with Crippen LogP contribution in [0.5, 0.6) is 0 Å². The van der Waals surface area contributed by atoms with Crippen LogP contribution in [0.15, 0.2) is 24.3 Å². The Bertz CT molecular complexity index is 493. The maximum atomic E-state index is 13.1. The second-order valence-electron chi connectivity index (χ2n) is 5.14. The summed E-state index contributed by atoms with van der Waals surface area (Å²) in [6, 6.07) is 5.63. The van der Waals surface area contributed by atoms with E-state index in [4.69, 9.17) is 0 Å². The minimum absolute atomic E-state index is 0.0856. The van der Waals surface area contributed by atoms with Gasteiger partial charge in [-0.1, -0.05) is 12.1 Å². The highest BCUT2D eigenvalue weighted by atomic mass is 19.4. The van der Waals surface area contributed by atoms with Crippen molar-refractivity contribution in [2.45, 2.75) is 19.0 Å². The number of carbonyl (C=O) groups excluding carboxylic acids is 1. The fourth-order valence-electron chi connectivity index (χ4n) is 2.40. The van der Waals surface area contributed by atoms with E-state index in [1.807, 2.05) is 0 Å². The van der Waals surface area contributed by atoms with E-state index >= 15 is 0 Å². The summed E-state index contributed by atoms with van der Waals surface area (Å²) in [6.07, 6.45) is -4.47. The first-order valence-corrected chi connectivity index (χ1v) is 6.65. The predicted molar refractivity (Wildman–Crippen MR) is 69.1 cm³/mol. The second kappa shape index (κ2) is 6.01. The van der Waals surface area contributed by atoms with Gasteiger partial charge in [0.25, 0.3) is 0 Å². The number of hydrogen-bond acceptors (Lipinski definition) is 2. The monoisotopic (exact) mass is 304 g/mol. The van der Waals surface area contributed by atoms with Gasteiger partial charge >= 0.3 is 6.18 Å². The third-order valence-corrected chi connectivity index (χ3v) is 3.75.